The van der Waals surface area contributed by atoms with E-state index in [9.17, 15) is 0 Å². The molecule has 0 N–H and O–H groups in total. The van der Waals surface area contributed by atoms with Crippen LogP contribution in [-0.4, -0.2) is 60.4 Å². The van der Waals surface area contributed by atoms with Crippen LogP contribution in [0.4, 0.5) is 0 Å². The number of likely N-dealkylation sites (N-methyl/N-ethyl adjacent to an activating group) is 1. The van der Waals surface area contributed by atoms with Gasteiger partial charge in [-0.25, -0.2) is 0 Å². The van der Waals surface area contributed by atoms with E-state index in [0.29, 0.717) is 18.2 Å². The molecule has 3 atom stereocenters. The average Bonchev–Trinajstić information content (AvgIpc) is 3.21. The van der Waals surface area contributed by atoms with Crippen molar-refractivity contribution in [2.45, 2.75) is 64.3 Å². The van der Waals surface area contributed by atoms with Crippen LogP contribution in [-0.2, 0) is 11.3 Å². The lowest BCUT2D eigenvalue weighted by molar-refractivity contribution is 0.0840. The van der Waals surface area contributed by atoms with Crippen molar-refractivity contribution in [1.82, 2.24) is 15.0 Å². The monoisotopic (exact) mass is 307 g/mol. The molecule has 1 unspecified atom stereocenters. The normalized spacial score (nSPS) is 29.8. The third-order valence-electron chi connectivity index (χ3n) is 5.58. The summed E-state index contributed by atoms with van der Waals surface area (Å²) in [5.41, 5.74) is 2.28. The minimum Gasteiger partial charge on any atom is -0.380 e. The summed E-state index contributed by atoms with van der Waals surface area (Å²) in [5.74, 6) is 0.958. The van der Waals surface area contributed by atoms with Gasteiger partial charge >= 0.3 is 0 Å². The minimum absolute atomic E-state index is 0.425. The van der Waals surface area contributed by atoms with E-state index in [1.54, 1.807) is 0 Å². The van der Waals surface area contributed by atoms with Crippen LogP contribution < -0.4 is 0 Å². The third-order valence-corrected chi connectivity index (χ3v) is 5.58. The molecule has 1 aromatic heterocycles. The number of aromatic nitrogens is 1. The number of hydrogen-bond donors (Lipinski definition) is 0. The summed E-state index contributed by atoms with van der Waals surface area (Å²) in [6.07, 6.45) is 5.53. The molecule has 22 heavy (non-hydrogen) atoms. The van der Waals surface area contributed by atoms with Gasteiger partial charge in [-0.1, -0.05) is 11.6 Å². The lowest BCUT2D eigenvalue weighted by Gasteiger charge is -2.35. The fourth-order valence-electron chi connectivity index (χ4n) is 4.20. The molecular formula is C17H29N3O2. The number of ether oxygens (including phenoxy) is 1. The van der Waals surface area contributed by atoms with E-state index in [1.807, 2.05) is 21.0 Å². The average molecular weight is 307 g/mol. The molecule has 1 saturated heterocycles. The maximum absolute atomic E-state index is 5.54. The van der Waals surface area contributed by atoms with Crippen molar-refractivity contribution in [3.05, 3.63) is 17.0 Å². The van der Waals surface area contributed by atoms with Crippen molar-refractivity contribution in [2.24, 2.45) is 0 Å². The fourth-order valence-corrected chi connectivity index (χ4v) is 4.20. The van der Waals surface area contributed by atoms with E-state index in [2.05, 4.69) is 22.0 Å². The highest BCUT2D eigenvalue weighted by atomic mass is 16.5. The molecule has 1 aliphatic carbocycles. The van der Waals surface area contributed by atoms with E-state index in [1.165, 1.54) is 37.8 Å². The quantitative estimate of drug-likeness (QED) is 0.835. The van der Waals surface area contributed by atoms with Crippen molar-refractivity contribution in [1.29, 1.82) is 0 Å². The van der Waals surface area contributed by atoms with Gasteiger partial charge in [0.25, 0.3) is 0 Å². The summed E-state index contributed by atoms with van der Waals surface area (Å²) in [6, 6.07) is 1.30. The van der Waals surface area contributed by atoms with Crippen LogP contribution in [0.15, 0.2) is 4.52 Å². The highest BCUT2D eigenvalue weighted by Gasteiger charge is 2.38. The number of rotatable bonds is 5. The Bertz CT molecular complexity index is 483. The summed E-state index contributed by atoms with van der Waals surface area (Å²) in [5, 5.41) is 4.08. The van der Waals surface area contributed by atoms with Gasteiger partial charge < -0.3 is 9.26 Å². The van der Waals surface area contributed by atoms with Crippen LogP contribution in [0.2, 0.25) is 0 Å². The summed E-state index contributed by atoms with van der Waals surface area (Å²) in [6.45, 7) is 7.26. The van der Waals surface area contributed by atoms with E-state index in [-0.39, 0.29) is 0 Å². The number of aryl methyl sites for hydroxylation is 2. The lowest BCUT2D eigenvalue weighted by atomic mass is 10.1. The first-order chi connectivity index (χ1) is 10.6. The zero-order valence-corrected chi connectivity index (χ0v) is 14.3. The Morgan fingerprint density at radius 2 is 2.14 bits per heavy atom. The van der Waals surface area contributed by atoms with Crippen molar-refractivity contribution in [3.63, 3.8) is 0 Å². The van der Waals surface area contributed by atoms with E-state index >= 15 is 0 Å². The zero-order valence-electron chi connectivity index (χ0n) is 14.3. The van der Waals surface area contributed by atoms with Crippen molar-refractivity contribution >= 4 is 0 Å². The molecular weight excluding hydrogens is 278 g/mol. The highest BCUT2D eigenvalue weighted by molar-refractivity contribution is 5.20. The van der Waals surface area contributed by atoms with Gasteiger partial charge in [-0.05, 0) is 40.2 Å². The van der Waals surface area contributed by atoms with Gasteiger partial charge in [-0.3, -0.25) is 9.80 Å². The first-order valence-corrected chi connectivity index (χ1v) is 8.49. The molecule has 124 valence electrons. The molecule has 5 nitrogen and oxygen atoms in total. The molecule has 2 fully saturated rings. The number of hydrogen-bond acceptors (Lipinski definition) is 5. The predicted molar refractivity (Wildman–Crippen MR) is 85.9 cm³/mol. The Kier molecular flexibility index (Phi) is 4.85. The SMILES string of the molecule is COC1CCN([C@H]2CCC[C@H]2N(C)Cc2c(C)noc2C)C1. The molecule has 0 amide bonds. The molecule has 2 heterocycles. The topological polar surface area (TPSA) is 41.7 Å². The Morgan fingerprint density at radius 3 is 2.77 bits per heavy atom. The highest BCUT2D eigenvalue weighted by Crippen LogP contribution is 2.31. The standard InChI is InChI=1S/C17H29N3O2/c1-12-15(13(2)22-18-12)11-19(3)16-6-5-7-17(16)20-9-8-14(10-20)21-4/h14,16-17H,5-11H2,1-4H3/t14?,16-,17+/m1/s1. The molecule has 0 spiro atoms. The van der Waals surface area contributed by atoms with Crippen LogP contribution >= 0.6 is 0 Å². The van der Waals surface area contributed by atoms with Crippen molar-refractivity contribution < 1.29 is 9.26 Å². The first-order valence-electron chi connectivity index (χ1n) is 8.49. The Balaban J connectivity index is 1.65. The van der Waals surface area contributed by atoms with Gasteiger partial charge in [-0.2, -0.15) is 0 Å². The van der Waals surface area contributed by atoms with Crippen LogP contribution in [0.1, 0.15) is 42.7 Å². The maximum Gasteiger partial charge on any atom is 0.138 e. The molecule has 1 saturated carbocycles. The van der Waals surface area contributed by atoms with Gasteiger partial charge in [0, 0.05) is 44.4 Å². The van der Waals surface area contributed by atoms with Crippen LogP contribution in [0.5, 0.6) is 0 Å². The van der Waals surface area contributed by atoms with Gasteiger partial charge in [0.15, 0.2) is 0 Å². The number of nitrogens with zero attached hydrogens (tertiary/aromatic N) is 3. The van der Waals surface area contributed by atoms with Crippen LogP contribution in [0.25, 0.3) is 0 Å². The lowest BCUT2D eigenvalue weighted by Crippen LogP contribution is -2.46. The molecule has 5 heteroatoms. The molecule has 1 aliphatic heterocycles. The number of methoxy groups -OCH3 is 1. The summed E-state index contributed by atoms with van der Waals surface area (Å²) >= 11 is 0. The second kappa shape index (κ2) is 6.69. The molecule has 2 aliphatic rings. The predicted octanol–water partition coefficient (Wildman–Crippen LogP) is 2.37. The summed E-state index contributed by atoms with van der Waals surface area (Å²) < 4.78 is 10.8. The largest absolute Gasteiger partial charge is 0.380 e. The molecule has 0 radical (unpaired) electrons. The molecule has 3 rings (SSSR count). The van der Waals surface area contributed by atoms with Crippen LogP contribution in [0.3, 0.4) is 0 Å². The van der Waals surface area contributed by atoms with E-state index in [0.717, 1.165) is 24.5 Å². The minimum atomic E-state index is 0.425. The zero-order chi connectivity index (χ0) is 15.7. The Labute approximate surface area is 133 Å². The first kappa shape index (κ1) is 16.0. The van der Waals surface area contributed by atoms with Gasteiger partial charge in [0.1, 0.15) is 5.76 Å². The second-order valence-electron chi connectivity index (χ2n) is 6.92. The summed E-state index contributed by atoms with van der Waals surface area (Å²) in [7, 11) is 4.09. The molecule has 0 bridgehead atoms. The Hall–Kier alpha value is -0.910. The van der Waals surface area contributed by atoms with E-state index < -0.39 is 0 Å². The van der Waals surface area contributed by atoms with E-state index in [4.69, 9.17) is 9.26 Å². The fraction of sp³-hybridized carbons (Fsp3) is 0.824. The van der Waals surface area contributed by atoms with Gasteiger partial charge in [0.2, 0.25) is 0 Å². The van der Waals surface area contributed by atoms with Gasteiger partial charge in [0.05, 0.1) is 11.8 Å². The smallest absolute Gasteiger partial charge is 0.138 e. The van der Waals surface area contributed by atoms with Crippen molar-refractivity contribution in [3.8, 4) is 0 Å². The maximum atomic E-state index is 5.54. The van der Waals surface area contributed by atoms with Crippen molar-refractivity contribution in [2.75, 3.05) is 27.2 Å². The van der Waals surface area contributed by atoms with Crippen LogP contribution in [0, 0.1) is 13.8 Å². The third kappa shape index (κ3) is 3.07. The summed E-state index contributed by atoms with van der Waals surface area (Å²) in [4.78, 5) is 5.15. The molecule has 1 aromatic rings. The second-order valence-corrected chi connectivity index (χ2v) is 6.92. The number of likely N-dealkylation sites (tertiary alicyclic amines) is 1. The molecule has 0 aromatic carbocycles. The Morgan fingerprint density at radius 1 is 1.32 bits per heavy atom. The van der Waals surface area contributed by atoms with Gasteiger partial charge in [-0.15, -0.1) is 0 Å².